The molecule has 1 aromatic rings. The third kappa shape index (κ3) is 1.58. The molecule has 1 heterocycles. The number of hydrogen-bond donors (Lipinski definition) is 3. The third-order valence-corrected chi connectivity index (χ3v) is 1.97. The molecular weight excluding hydrogens is 154 g/mol. The first-order chi connectivity index (χ1) is 5.75. The first kappa shape index (κ1) is 7.61. The summed E-state index contributed by atoms with van der Waals surface area (Å²) in [7, 11) is 0. The first-order valence-corrected chi connectivity index (χ1v) is 4.25. The second-order valence-corrected chi connectivity index (χ2v) is 3.30. The molecule has 0 radical (unpaired) electrons. The number of nitrogens with one attached hydrogen (secondary N) is 2. The van der Waals surface area contributed by atoms with Gasteiger partial charge in [0, 0.05) is 17.7 Å². The minimum Gasteiger partial charge on any atom is -0.374 e. The Morgan fingerprint density at radius 1 is 1.75 bits per heavy atom. The molecule has 66 valence electrons. The van der Waals surface area contributed by atoms with Gasteiger partial charge in [-0.25, -0.2) is 0 Å². The maximum absolute atomic E-state index is 9.00. The van der Waals surface area contributed by atoms with Crippen LogP contribution in [0.2, 0.25) is 0 Å². The second kappa shape index (κ2) is 2.79. The van der Waals surface area contributed by atoms with Crippen LogP contribution < -0.4 is 5.32 Å². The van der Waals surface area contributed by atoms with E-state index in [0.717, 1.165) is 5.82 Å². The Bertz CT molecular complexity index is 265. The third-order valence-electron chi connectivity index (χ3n) is 1.97. The highest BCUT2D eigenvalue weighted by molar-refractivity contribution is 5.37. The Labute approximate surface area is 71.0 Å². The summed E-state index contributed by atoms with van der Waals surface area (Å²) < 4.78 is 0. The lowest BCUT2D eigenvalue weighted by Gasteiger charge is -2.03. The molecule has 2 rings (SSSR count). The predicted octanol–water partition coefficient (Wildman–Crippen LogP) is 1.04. The smallest absolute Gasteiger partial charge is 0.149 e. The Balaban J connectivity index is 2.03. The summed E-state index contributed by atoms with van der Waals surface area (Å²) in [6.07, 6.45) is 1.98. The number of aliphatic hydroxyl groups is 1. The van der Waals surface area contributed by atoms with Crippen molar-refractivity contribution in [1.29, 1.82) is 0 Å². The molecule has 1 unspecified atom stereocenters. The van der Waals surface area contributed by atoms with Crippen LogP contribution in [0.15, 0.2) is 6.07 Å². The molecule has 1 fully saturated rings. The lowest BCUT2D eigenvalue weighted by molar-refractivity contribution is 0.224. The van der Waals surface area contributed by atoms with Crippen LogP contribution in [-0.2, 0) is 0 Å². The second-order valence-electron chi connectivity index (χ2n) is 3.30. The Morgan fingerprint density at radius 3 is 3.08 bits per heavy atom. The van der Waals surface area contributed by atoms with Gasteiger partial charge in [0.2, 0.25) is 0 Å². The maximum atomic E-state index is 9.00. The van der Waals surface area contributed by atoms with Gasteiger partial charge in [0.25, 0.3) is 0 Å². The van der Waals surface area contributed by atoms with Crippen molar-refractivity contribution in [3.63, 3.8) is 0 Å². The number of hydrogen-bond acceptors (Lipinski definition) is 3. The Morgan fingerprint density at radius 2 is 2.50 bits per heavy atom. The van der Waals surface area contributed by atoms with Gasteiger partial charge < -0.3 is 10.4 Å². The Kier molecular flexibility index (Phi) is 1.77. The molecule has 4 nitrogen and oxygen atoms in total. The standard InChI is InChI=1S/C8H13N3O/c1-5(12)9-8-4-7(10-11-8)6-2-3-6/h4-6,12H,2-3H2,1H3,(H2,9,10,11). The number of aromatic nitrogens is 2. The van der Waals surface area contributed by atoms with E-state index in [0.29, 0.717) is 5.92 Å². The van der Waals surface area contributed by atoms with Crippen molar-refractivity contribution < 1.29 is 5.11 Å². The van der Waals surface area contributed by atoms with Crippen molar-refractivity contribution in [2.24, 2.45) is 0 Å². The minimum atomic E-state index is -0.541. The molecule has 4 heteroatoms. The average Bonchev–Trinajstić information content (AvgIpc) is 2.73. The minimum absolute atomic E-state index is 0.541. The molecule has 12 heavy (non-hydrogen) atoms. The van der Waals surface area contributed by atoms with Crippen molar-refractivity contribution in [3.8, 4) is 0 Å². The highest BCUT2D eigenvalue weighted by Crippen LogP contribution is 2.39. The first-order valence-electron chi connectivity index (χ1n) is 4.25. The Hall–Kier alpha value is -1.03. The predicted molar refractivity (Wildman–Crippen MR) is 45.9 cm³/mol. The van der Waals surface area contributed by atoms with Crippen molar-refractivity contribution in [1.82, 2.24) is 10.2 Å². The molecule has 1 atom stereocenters. The van der Waals surface area contributed by atoms with Gasteiger partial charge in [0.15, 0.2) is 0 Å². The van der Waals surface area contributed by atoms with Crippen molar-refractivity contribution in [2.75, 3.05) is 5.32 Å². The van der Waals surface area contributed by atoms with Crippen LogP contribution >= 0.6 is 0 Å². The van der Waals surface area contributed by atoms with Gasteiger partial charge in [-0.2, -0.15) is 5.10 Å². The zero-order valence-corrected chi connectivity index (χ0v) is 7.04. The van der Waals surface area contributed by atoms with Crippen LogP contribution in [0, 0.1) is 0 Å². The molecule has 3 N–H and O–H groups in total. The van der Waals surface area contributed by atoms with E-state index in [1.54, 1.807) is 6.92 Å². The summed E-state index contributed by atoms with van der Waals surface area (Å²) in [4.78, 5) is 0. The van der Waals surface area contributed by atoms with Crippen LogP contribution in [0.5, 0.6) is 0 Å². The molecule has 0 spiro atoms. The van der Waals surface area contributed by atoms with E-state index in [4.69, 9.17) is 5.11 Å². The van der Waals surface area contributed by atoms with Gasteiger partial charge >= 0.3 is 0 Å². The van der Waals surface area contributed by atoms with Crippen LogP contribution in [0.25, 0.3) is 0 Å². The average molecular weight is 167 g/mol. The van der Waals surface area contributed by atoms with Crippen molar-refractivity contribution in [3.05, 3.63) is 11.8 Å². The fraction of sp³-hybridized carbons (Fsp3) is 0.625. The molecule has 0 amide bonds. The quantitative estimate of drug-likeness (QED) is 0.589. The van der Waals surface area contributed by atoms with E-state index in [9.17, 15) is 0 Å². The fourth-order valence-electron chi connectivity index (χ4n) is 1.23. The molecule has 1 aromatic heterocycles. The maximum Gasteiger partial charge on any atom is 0.149 e. The molecule has 0 aliphatic heterocycles. The molecule has 1 saturated carbocycles. The van der Waals surface area contributed by atoms with Gasteiger partial charge in [-0.3, -0.25) is 5.10 Å². The van der Waals surface area contributed by atoms with Gasteiger partial charge in [-0.05, 0) is 19.8 Å². The number of nitrogens with zero attached hydrogens (tertiary/aromatic N) is 1. The summed E-state index contributed by atoms with van der Waals surface area (Å²) in [5, 5.41) is 18.8. The fourth-order valence-corrected chi connectivity index (χ4v) is 1.23. The molecule has 0 aromatic carbocycles. The molecular formula is C8H13N3O. The van der Waals surface area contributed by atoms with E-state index in [-0.39, 0.29) is 0 Å². The van der Waals surface area contributed by atoms with E-state index in [1.807, 2.05) is 6.07 Å². The number of aromatic amines is 1. The van der Waals surface area contributed by atoms with E-state index >= 15 is 0 Å². The van der Waals surface area contributed by atoms with Gasteiger partial charge in [0.1, 0.15) is 12.0 Å². The number of anilines is 1. The number of aliphatic hydroxyl groups excluding tert-OH is 1. The summed E-state index contributed by atoms with van der Waals surface area (Å²) in [5.74, 6) is 1.41. The summed E-state index contributed by atoms with van der Waals surface area (Å²) >= 11 is 0. The SMILES string of the molecule is CC(O)Nc1cc(C2CC2)[nH]n1. The largest absolute Gasteiger partial charge is 0.374 e. The van der Waals surface area contributed by atoms with Gasteiger partial charge in [0.05, 0.1) is 0 Å². The summed E-state index contributed by atoms with van der Waals surface area (Å²) in [6, 6.07) is 1.96. The van der Waals surface area contributed by atoms with Crippen molar-refractivity contribution >= 4 is 5.82 Å². The lowest BCUT2D eigenvalue weighted by Crippen LogP contribution is -2.13. The van der Waals surface area contributed by atoms with Crippen LogP contribution in [0.3, 0.4) is 0 Å². The van der Waals surface area contributed by atoms with E-state index < -0.39 is 6.23 Å². The van der Waals surface area contributed by atoms with Crippen molar-refractivity contribution in [2.45, 2.75) is 31.9 Å². The number of H-pyrrole nitrogens is 1. The van der Waals surface area contributed by atoms with Crippen LogP contribution in [0.4, 0.5) is 5.82 Å². The van der Waals surface area contributed by atoms with Crippen LogP contribution in [0.1, 0.15) is 31.4 Å². The highest BCUT2D eigenvalue weighted by Gasteiger charge is 2.25. The zero-order valence-electron chi connectivity index (χ0n) is 7.04. The molecule has 1 aliphatic carbocycles. The zero-order chi connectivity index (χ0) is 8.55. The normalized spacial score (nSPS) is 19.2. The topological polar surface area (TPSA) is 60.9 Å². The number of rotatable bonds is 3. The molecule has 1 aliphatic rings. The molecule has 0 saturated heterocycles. The monoisotopic (exact) mass is 167 g/mol. The highest BCUT2D eigenvalue weighted by atomic mass is 16.3. The van der Waals surface area contributed by atoms with Gasteiger partial charge in [-0.1, -0.05) is 0 Å². The lowest BCUT2D eigenvalue weighted by atomic mass is 10.3. The summed E-state index contributed by atoms with van der Waals surface area (Å²) in [5.41, 5.74) is 1.18. The van der Waals surface area contributed by atoms with E-state index in [1.165, 1.54) is 18.5 Å². The van der Waals surface area contributed by atoms with E-state index in [2.05, 4.69) is 15.5 Å². The van der Waals surface area contributed by atoms with Gasteiger partial charge in [-0.15, -0.1) is 0 Å². The molecule has 0 bridgehead atoms. The van der Waals surface area contributed by atoms with Crippen LogP contribution in [-0.4, -0.2) is 21.5 Å². The summed E-state index contributed by atoms with van der Waals surface area (Å²) in [6.45, 7) is 1.67.